The quantitative estimate of drug-likeness (QED) is 0.715. The summed E-state index contributed by atoms with van der Waals surface area (Å²) >= 11 is 5.33. The molecule has 0 atom stereocenters. The van der Waals surface area contributed by atoms with Gasteiger partial charge in [-0.3, -0.25) is 4.57 Å². The molecule has 2 aromatic carbocycles. The smallest absolute Gasteiger partial charge is 0.232 e. The lowest BCUT2D eigenvalue weighted by atomic mass is 10.2. The molecule has 22 heavy (non-hydrogen) atoms. The minimum absolute atomic E-state index is 0.528. The molecule has 0 saturated heterocycles. The number of hydrogen-bond acceptors (Lipinski definition) is 4. The zero-order valence-corrected chi connectivity index (χ0v) is 13.1. The van der Waals surface area contributed by atoms with Gasteiger partial charge in [-0.2, -0.15) is 0 Å². The van der Waals surface area contributed by atoms with Gasteiger partial charge < -0.3 is 10.1 Å². The molecule has 0 unspecified atom stereocenters. The monoisotopic (exact) mass is 312 g/mol. The zero-order valence-electron chi connectivity index (χ0n) is 12.3. The first-order valence-electron chi connectivity index (χ1n) is 6.83. The van der Waals surface area contributed by atoms with Crippen molar-refractivity contribution in [3.8, 4) is 11.4 Å². The largest absolute Gasteiger partial charge is 0.497 e. The second-order valence-electron chi connectivity index (χ2n) is 4.88. The van der Waals surface area contributed by atoms with Gasteiger partial charge >= 0.3 is 0 Å². The molecular formula is C16H16N4OS. The van der Waals surface area contributed by atoms with Gasteiger partial charge in [-0.25, -0.2) is 5.10 Å². The molecule has 0 aliphatic rings. The number of nitrogens with zero attached hydrogens (tertiary/aromatic N) is 2. The third-order valence-corrected chi connectivity index (χ3v) is 3.55. The van der Waals surface area contributed by atoms with E-state index in [1.54, 1.807) is 7.11 Å². The normalized spacial score (nSPS) is 10.5. The van der Waals surface area contributed by atoms with Crippen LogP contribution >= 0.6 is 12.2 Å². The molecule has 0 bridgehead atoms. The predicted octanol–water partition coefficient (Wildman–Crippen LogP) is 3.99. The maximum atomic E-state index is 5.33. The van der Waals surface area contributed by atoms with Gasteiger partial charge in [0.15, 0.2) is 0 Å². The van der Waals surface area contributed by atoms with Gasteiger partial charge in [-0.1, -0.05) is 12.1 Å². The van der Waals surface area contributed by atoms with Crippen LogP contribution < -0.4 is 10.1 Å². The Morgan fingerprint density at radius 3 is 2.64 bits per heavy atom. The third kappa shape index (κ3) is 2.87. The second-order valence-corrected chi connectivity index (χ2v) is 5.27. The first-order chi connectivity index (χ1) is 10.7. The second kappa shape index (κ2) is 6.03. The molecule has 3 rings (SSSR count). The van der Waals surface area contributed by atoms with Crippen LogP contribution in [0.1, 0.15) is 5.56 Å². The van der Waals surface area contributed by atoms with E-state index in [0.717, 1.165) is 17.1 Å². The summed E-state index contributed by atoms with van der Waals surface area (Å²) < 4.78 is 7.55. The Labute approximate surface area is 133 Å². The van der Waals surface area contributed by atoms with Gasteiger partial charge in [-0.15, -0.1) is 5.10 Å². The van der Waals surface area contributed by atoms with E-state index < -0.39 is 0 Å². The highest BCUT2D eigenvalue weighted by atomic mass is 32.1. The maximum absolute atomic E-state index is 5.33. The lowest BCUT2D eigenvalue weighted by molar-refractivity contribution is 0.414. The number of hydrogen-bond donors (Lipinski definition) is 2. The van der Waals surface area contributed by atoms with Gasteiger partial charge in [0.2, 0.25) is 10.7 Å². The molecule has 6 heteroatoms. The molecule has 0 saturated carbocycles. The Morgan fingerprint density at radius 2 is 1.95 bits per heavy atom. The Kier molecular flexibility index (Phi) is 3.93. The highest BCUT2D eigenvalue weighted by Gasteiger charge is 2.09. The average molecular weight is 312 g/mol. The fourth-order valence-corrected chi connectivity index (χ4v) is 2.44. The van der Waals surface area contributed by atoms with Gasteiger partial charge in [0, 0.05) is 5.69 Å². The summed E-state index contributed by atoms with van der Waals surface area (Å²) in [6, 6.07) is 15.7. The first-order valence-corrected chi connectivity index (χ1v) is 7.24. The molecule has 0 fully saturated rings. The lowest BCUT2D eigenvalue weighted by Crippen LogP contribution is -2.02. The van der Waals surface area contributed by atoms with E-state index in [2.05, 4.69) is 21.6 Å². The van der Waals surface area contributed by atoms with Crippen molar-refractivity contribution >= 4 is 23.9 Å². The van der Waals surface area contributed by atoms with Crippen LogP contribution in [0.5, 0.6) is 5.75 Å². The van der Waals surface area contributed by atoms with E-state index in [1.165, 1.54) is 5.56 Å². The van der Waals surface area contributed by atoms with Crippen LogP contribution in [0.3, 0.4) is 0 Å². The predicted molar refractivity (Wildman–Crippen MR) is 89.8 cm³/mol. The average Bonchev–Trinajstić information content (AvgIpc) is 2.88. The van der Waals surface area contributed by atoms with Crippen LogP contribution in [0.15, 0.2) is 48.5 Å². The van der Waals surface area contributed by atoms with Crippen molar-refractivity contribution in [1.29, 1.82) is 0 Å². The zero-order chi connectivity index (χ0) is 15.5. The molecule has 0 aliphatic heterocycles. The minimum Gasteiger partial charge on any atom is -0.497 e. The van der Waals surface area contributed by atoms with Crippen molar-refractivity contribution in [2.24, 2.45) is 0 Å². The van der Waals surface area contributed by atoms with Crippen molar-refractivity contribution in [1.82, 2.24) is 14.8 Å². The number of aromatic nitrogens is 3. The van der Waals surface area contributed by atoms with Gasteiger partial charge in [-0.05, 0) is 61.1 Å². The van der Waals surface area contributed by atoms with Crippen LogP contribution in [0.2, 0.25) is 0 Å². The Morgan fingerprint density at radius 1 is 1.18 bits per heavy atom. The number of rotatable bonds is 4. The molecule has 2 N–H and O–H groups in total. The van der Waals surface area contributed by atoms with E-state index >= 15 is 0 Å². The fourth-order valence-electron chi connectivity index (χ4n) is 2.20. The number of anilines is 2. The molecule has 0 radical (unpaired) electrons. The number of aromatic amines is 1. The topological polar surface area (TPSA) is 54.9 Å². The highest BCUT2D eigenvalue weighted by molar-refractivity contribution is 7.71. The summed E-state index contributed by atoms with van der Waals surface area (Å²) in [5, 5.41) is 10.4. The molecule has 112 valence electrons. The van der Waals surface area contributed by atoms with Gasteiger partial charge in [0.05, 0.1) is 12.8 Å². The minimum atomic E-state index is 0.528. The van der Waals surface area contributed by atoms with Crippen LogP contribution in [0.4, 0.5) is 11.6 Å². The van der Waals surface area contributed by atoms with Crippen molar-refractivity contribution in [3.63, 3.8) is 0 Å². The van der Waals surface area contributed by atoms with Gasteiger partial charge in [0.1, 0.15) is 5.75 Å². The van der Waals surface area contributed by atoms with Crippen LogP contribution in [0, 0.1) is 11.7 Å². The van der Waals surface area contributed by atoms with E-state index in [0.29, 0.717) is 10.7 Å². The van der Waals surface area contributed by atoms with Crippen molar-refractivity contribution in [3.05, 3.63) is 58.9 Å². The number of nitrogens with one attached hydrogen (secondary N) is 2. The molecule has 0 aliphatic carbocycles. The number of aryl methyl sites for hydroxylation is 1. The molecular weight excluding hydrogens is 296 g/mol. The Bertz CT molecular complexity index is 836. The van der Waals surface area contributed by atoms with Crippen LogP contribution in [-0.2, 0) is 0 Å². The van der Waals surface area contributed by atoms with Crippen molar-refractivity contribution in [2.45, 2.75) is 6.92 Å². The fraction of sp³-hybridized carbons (Fsp3) is 0.125. The van der Waals surface area contributed by atoms with Crippen LogP contribution in [-0.4, -0.2) is 21.9 Å². The van der Waals surface area contributed by atoms with E-state index in [4.69, 9.17) is 17.0 Å². The first kappa shape index (κ1) is 14.3. The molecule has 1 aromatic heterocycles. The number of benzene rings is 2. The summed E-state index contributed by atoms with van der Waals surface area (Å²) in [4.78, 5) is 0. The highest BCUT2D eigenvalue weighted by Crippen LogP contribution is 2.21. The molecule has 0 amide bonds. The van der Waals surface area contributed by atoms with Crippen molar-refractivity contribution in [2.75, 3.05) is 12.4 Å². The van der Waals surface area contributed by atoms with Crippen LogP contribution in [0.25, 0.3) is 5.69 Å². The molecule has 3 aromatic rings. The number of ether oxygens (including phenoxy) is 1. The summed E-state index contributed by atoms with van der Waals surface area (Å²) in [5.41, 5.74) is 3.05. The standard InChI is InChI=1S/C16H16N4OS/c1-11-4-3-5-12(10-11)17-15-18-19-16(22)20(15)13-6-8-14(21-2)9-7-13/h3-10H,1-2H3,(H,17,18)(H,19,22). The van der Waals surface area contributed by atoms with Crippen molar-refractivity contribution < 1.29 is 4.74 Å². The summed E-state index contributed by atoms with van der Waals surface area (Å²) in [5.74, 6) is 1.44. The lowest BCUT2D eigenvalue weighted by Gasteiger charge is -2.10. The molecule has 5 nitrogen and oxygen atoms in total. The summed E-state index contributed by atoms with van der Waals surface area (Å²) in [6.45, 7) is 2.05. The molecule has 1 heterocycles. The Hall–Kier alpha value is -2.60. The van der Waals surface area contributed by atoms with E-state index in [9.17, 15) is 0 Å². The summed E-state index contributed by atoms with van der Waals surface area (Å²) in [6.07, 6.45) is 0. The third-order valence-electron chi connectivity index (χ3n) is 3.28. The van der Waals surface area contributed by atoms with E-state index in [1.807, 2.05) is 54.0 Å². The molecule has 0 spiro atoms. The number of methoxy groups -OCH3 is 1. The maximum Gasteiger partial charge on any atom is 0.232 e. The SMILES string of the molecule is COc1ccc(-n2c(Nc3cccc(C)c3)n[nH]c2=S)cc1. The van der Waals surface area contributed by atoms with Gasteiger partial charge in [0.25, 0.3) is 0 Å². The van der Waals surface area contributed by atoms with E-state index in [-0.39, 0.29) is 0 Å². The number of H-pyrrole nitrogens is 1. The Balaban J connectivity index is 1.98. The summed E-state index contributed by atoms with van der Waals surface area (Å²) in [7, 11) is 1.64.